The van der Waals surface area contributed by atoms with Gasteiger partial charge in [0.2, 0.25) is 0 Å². The fourth-order valence-electron chi connectivity index (χ4n) is 3.34. The van der Waals surface area contributed by atoms with Crippen LogP contribution in [0.1, 0.15) is 41.6 Å². The lowest BCUT2D eigenvalue weighted by molar-refractivity contribution is -0.144. The first-order valence-electron chi connectivity index (χ1n) is 9.16. The number of hydrogen-bond acceptors (Lipinski definition) is 3. The zero-order valence-electron chi connectivity index (χ0n) is 17.3. The summed E-state index contributed by atoms with van der Waals surface area (Å²) in [6.07, 6.45) is -3.65. The molecular formula is C20H24ClF3N2O3S. The topological polar surface area (TPSA) is 59.4 Å². The van der Waals surface area contributed by atoms with Crippen LogP contribution in [0.5, 0.6) is 0 Å². The Bertz CT molecular complexity index is 1040. The molecule has 10 heteroatoms. The van der Waals surface area contributed by atoms with Gasteiger partial charge in [0, 0.05) is 36.5 Å². The van der Waals surface area contributed by atoms with Crippen molar-refractivity contribution in [1.29, 1.82) is 0 Å². The van der Waals surface area contributed by atoms with E-state index in [9.17, 15) is 26.4 Å². The molecule has 166 valence electrons. The summed E-state index contributed by atoms with van der Waals surface area (Å²) in [5.41, 5.74) is -0.528. The summed E-state index contributed by atoms with van der Waals surface area (Å²) in [7, 11) is -1.98. The van der Waals surface area contributed by atoms with Gasteiger partial charge in [-0.2, -0.15) is 13.2 Å². The number of halogens is 4. The maximum atomic E-state index is 14.0. The van der Waals surface area contributed by atoms with E-state index in [4.69, 9.17) is 11.6 Å². The molecule has 2 rings (SSSR count). The van der Waals surface area contributed by atoms with Gasteiger partial charge in [-0.3, -0.25) is 4.79 Å². The van der Waals surface area contributed by atoms with Crippen LogP contribution in [0.2, 0.25) is 5.02 Å². The zero-order chi connectivity index (χ0) is 23.0. The molecule has 1 heterocycles. The largest absolute Gasteiger partial charge is 0.431 e. The lowest BCUT2D eigenvalue weighted by Crippen LogP contribution is -2.34. The van der Waals surface area contributed by atoms with Crippen molar-refractivity contribution in [3.05, 3.63) is 46.2 Å². The van der Waals surface area contributed by atoms with E-state index < -0.39 is 33.7 Å². The molecule has 1 aromatic heterocycles. The number of aromatic nitrogens is 1. The van der Waals surface area contributed by atoms with Crippen molar-refractivity contribution in [2.24, 2.45) is 0 Å². The SMILES string of the molecule is Cc1c(-c2ccc(Cl)cc2)c(C(=O)N(C)CCS(C)(=O)=O)n(C(C)C)c1C(F)(F)F. The summed E-state index contributed by atoms with van der Waals surface area (Å²) >= 11 is 5.92. The normalized spacial score (nSPS) is 12.5. The second-order valence-electron chi connectivity index (χ2n) is 7.52. The van der Waals surface area contributed by atoms with Crippen LogP contribution in [-0.2, 0) is 16.0 Å². The number of benzene rings is 1. The van der Waals surface area contributed by atoms with Crippen molar-refractivity contribution in [2.45, 2.75) is 33.0 Å². The molecule has 2 aromatic rings. The first-order chi connectivity index (χ1) is 13.6. The maximum absolute atomic E-state index is 14.0. The van der Waals surface area contributed by atoms with E-state index in [2.05, 4.69) is 0 Å². The first kappa shape index (κ1) is 24.3. The fraction of sp³-hybridized carbons (Fsp3) is 0.450. The molecule has 0 fully saturated rings. The molecule has 1 amide bonds. The molecule has 30 heavy (non-hydrogen) atoms. The Morgan fingerprint density at radius 2 is 1.73 bits per heavy atom. The van der Waals surface area contributed by atoms with Crippen LogP contribution in [0.3, 0.4) is 0 Å². The molecule has 0 aliphatic heterocycles. The van der Waals surface area contributed by atoms with Crippen molar-refractivity contribution >= 4 is 27.3 Å². The van der Waals surface area contributed by atoms with Crippen LogP contribution in [0.15, 0.2) is 24.3 Å². The number of amides is 1. The van der Waals surface area contributed by atoms with Crippen molar-refractivity contribution in [1.82, 2.24) is 9.47 Å². The molecule has 0 atom stereocenters. The minimum atomic E-state index is -4.68. The van der Waals surface area contributed by atoms with Gasteiger partial charge in [-0.15, -0.1) is 0 Å². The van der Waals surface area contributed by atoms with E-state index in [1.807, 2.05) is 0 Å². The van der Waals surface area contributed by atoms with Crippen LogP contribution in [0.25, 0.3) is 11.1 Å². The van der Waals surface area contributed by atoms with Gasteiger partial charge in [0.15, 0.2) is 0 Å². The predicted octanol–water partition coefficient (Wildman–Crippen LogP) is 4.83. The van der Waals surface area contributed by atoms with Crippen molar-refractivity contribution in [2.75, 3.05) is 25.6 Å². The Balaban J connectivity index is 2.78. The van der Waals surface area contributed by atoms with E-state index in [1.165, 1.54) is 26.1 Å². The highest BCUT2D eigenvalue weighted by Crippen LogP contribution is 2.43. The molecular weight excluding hydrogens is 441 g/mol. The number of nitrogens with zero attached hydrogens (tertiary/aromatic N) is 2. The van der Waals surface area contributed by atoms with Crippen LogP contribution in [0, 0.1) is 6.92 Å². The number of alkyl halides is 3. The summed E-state index contributed by atoms with van der Waals surface area (Å²) in [6.45, 7) is 4.32. The zero-order valence-corrected chi connectivity index (χ0v) is 18.9. The van der Waals surface area contributed by atoms with Crippen molar-refractivity contribution in [3.63, 3.8) is 0 Å². The van der Waals surface area contributed by atoms with Crippen LogP contribution in [-0.4, -0.2) is 49.4 Å². The highest BCUT2D eigenvalue weighted by atomic mass is 35.5. The van der Waals surface area contributed by atoms with E-state index >= 15 is 0 Å². The van der Waals surface area contributed by atoms with Crippen LogP contribution in [0.4, 0.5) is 13.2 Å². The monoisotopic (exact) mass is 464 g/mol. The van der Waals surface area contributed by atoms with E-state index in [-0.39, 0.29) is 29.1 Å². The second kappa shape index (κ2) is 8.63. The number of sulfone groups is 1. The quantitative estimate of drug-likeness (QED) is 0.615. The van der Waals surface area contributed by atoms with E-state index in [1.54, 1.807) is 26.0 Å². The molecule has 0 N–H and O–H groups in total. The summed E-state index contributed by atoms with van der Waals surface area (Å²) in [6, 6.07) is 5.53. The Morgan fingerprint density at radius 3 is 2.17 bits per heavy atom. The second-order valence-corrected chi connectivity index (χ2v) is 10.2. The minimum Gasteiger partial charge on any atom is -0.339 e. The van der Waals surface area contributed by atoms with Gasteiger partial charge < -0.3 is 9.47 Å². The van der Waals surface area contributed by atoms with Gasteiger partial charge >= 0.3 is 6.18 Å². The predicted molar refractivity (Wildman–Crippen MR) is 112 cm³/mol. The third-order valence-corrected chi connectivity index (χ3v) is 5.89. The third-order valence-electron chi connectivity index (χ3n) is 4.71. The Labute approximate surface area is 179 Å². The highest BCUT2D eigenvalue weighted by Gasteiger charge is 2.42. The molecule has 0 unspecified atom stereocenters. The Morgan fingerprint density at radius 1 is 1.20 bits per heavy atom. The van der Waals surface area contributed by atoms with Gasteiger partial charge in [0.1, 0.15) is 21.2 Å². The lowest BCUT2D eigenvalue weighted by atomic mass is 10.00. The summed E-state index contributed by atoms with van der Waals surface area (Å²) in [5.74, 6) is -0.977. The van der Waals surface area contributed by atoms with E-state index in [0.717, 1.165) is 15.7 Å². The average Bonchev–Trinajstić information content (AvgIpc) is 2.92. The lowest BCUT2D eigenvalue weighted by Gasteiger charge is -2.23. The molecule has 0 saturated heterocycles. The van der Waals surface area contributed by atoms with Crippen LogP contribution < -0.4 is 0 Å². The van der Waals surface area contributed by atoms with Gasteiger partial charge in [0.05, 0.1) is 5.75 Å². The number of hydrogen-bond donors (Lipinski definition) is 0. The summed E-state index contributed by atoms with van der Waals surface area (Å²) < 4.78 is 65.8. The molecule has 0 spiro atoms. The highest BCUT2D eigenvalue weighted by molar-refractivity contribution is 7.90. The maximum Gasteiger partial charge on any atom is 0.431 e. The van der Waals surface area contributed by atoms with Crippen molar-refractivity contribution in [3.8, 4) is 11.1 Å². The molecule has 0 aliphatic carbocycles. The molecule has 1 aromatic carbocycles. The summed E-state index contributed by atoms with van der Waals surface area (Å²) in [5, 5.41) is 0.411. The minimum absolute atomic E-state index is 0.0709. The molecule has 0 bridgehead atoms. The smallest absolute Gasteiger partial charge is 0.339 e. The van der Waals surface area contributed by atoms with E-state index in [0.29, 0.717) is 10.6 Å². The first-order valence-corrected chi connectivity index (χ1v) is 11.6. The van der Waals surface area contributed by atoms with Gasteiger partial charge in [0.25, 0.3) is 5.91 Å². The molecule has 0 radical (unpaired) electrons. The van der Waals surface area contributed by atoms with Gasteiger partial charge in [-0.1, -0.05) is 23.7 Å². The van der Waals surface area contributed by atoms with Gasteiger partial charge in [-0.25, -0.2) is 8.42 Å². The molecule has 0 aliphatic rings. The average molecular weight is 465 g/mol. The van der Waals surface area contributed by atoms with Crippen LogP contribution >= 0.6 is 11.6 Å². The van der Waals surface area contributed by atoms with Gasteiger partial charge in [-0.05, 0) is 44.0 Å². The Hall–Kier alpha value is -2.00. The number of rotatable bonds is 6. The molecule has 0 saturated carbocycles. The Kier molecular flexibility index (Phi) is 6.98. The number of carbonyl (C=O) groups is 1. The standard InChI is InChI=1S/C20H24ClF3N2O3S/c1-12(2)26-17(19(27)25(4)10-11-30(5,28)29)16(13(3)18(26)20(22,23)24)14-6-8-15(21)9-7-14/h6-9,12H,10-11H2,1-5H3. The van der Waals surface area contributed by atoms with Crippen molar-refractivity contribution < 1.29 is 26.4 Å². The third kappa shape index (κ3) is 5.18. The summed E-state index contributed by atoms with van der Waals surface area (Å²) in [4.78, 5) is 14.4. The fourth-order valence-corrected chi connectivity index (χ4v) is 4.07. The number of carbonyl (C=O) groups excluding carboxylic acids is 1. The molecule has 5 nitrogen and oxygen atoms in total.